The van der Waals surface area contributed by atoms with E-state index in [1.54, 1.807) is 11.8 Å². The smallest absolute Gasteiger partial charge is 0.222 e. The predicted molar refractivity (Wildman–Crippen MR) is 106 cm³/mol. The SMILES string of the molecule is CCC(=O)N1CCC(CC2(C)OCN=C(N[C@H]3C[C@@H]4CC[C@H]3C4)S2)CC1. The summed E-state index contributed by atoms with van der Waals surface area (Å²) >= 11 is 1.79. The molecule has 2 bridgehead atoms. The molecule has 4 atom stereocenters. The Labute approximate surface area is 161 Å². The minimum absolute atomic E-state index is 0.191. The second-order valence-electron chi connectivity index (χ2n) is 8.78. The van der Waals surface area contributed by atoms with Crippen molar-refractivity contribution < 1.29 is 9.53 Å². The number of rotatable bonds is 4. The van der Waals surface area contributed by atoms with Crippen molar-refractivity contribution in [3.05, 3.63) is 0 Å². The number of thioether (sulfide) groups is 1. The van der Waals surface area contributed by atoms with Crippen LogP contribution >= 0.6 is 11.8 Å². The molecule has 0 radical (unpaired) electrons. The van der Waals surface area contributed by atoms with Gasteiger partial charge in [-0.15, -0.1) is 0 Å². The quantitative estimate of drug-likeness (QED) is 0.811. The van der Waals surface area contributed by atoms with Crippen molar-refractivity contribution in [2.75, 3.05) is 19.8 Å². The lowest BCUT2D eigenvalue weighted by Gasteiger charge is -2.39. The number of hydrogen-bond donors (Lipinski definition) is 1. The van der Waals surface area contributed by atoms with Crippen LogP contribution in [-0.4, -0.2) is 46.8 Å². The first-order valence-corrected chi connectivity index (χ1v) is 11.3. The van der Waals surface area contributed by atoms with Gasteiger partial charge in [0.2, 0.25) is 5.91 Å². The van der Waals surface area contributed by atoms with Gasteiger partial charge in [0, 0.05) is 25.6 Å². The van der Waals surface area contributed by atoms with Gasteiger partial charge in [-0.2, -0.15) is 0 Å². The van der Waals surface area contributed by atoms with Crippen LogP contribution in [0.5, 0.6) is 0 Å². The molecular weight excluding hydrogens is 346 g/mol. The maximum Gasteiger partial charge on any atom is 0.222 e. The maximum absolute atomic E-state index is 11.9. The monoisotopic (exact) mass is 379 g/mol. The Morgan fingerprint density at radius 1 is 1.31 bits per heavy atom. The van der Waals surface area contributed by atoms with Crippen molar-refractivity contribution in [1.29, 1.82) is 0 Å². The molecule has 4 rings (SSSR count). The topological polar surface area (TPSA) is 53.9 Å². The Morgan fingerprint density at radius 2 is 2.12 bits per heavy atom. The van der Waals surface area contributed by atoms with E-state index in [4.69, 9.17) is 4.74 Å². The molecule has 2 aliphatic heterocycles. The molecule has 2 heterocycles. The second kappa shape index (κ2) is 7.70. The van der Waals surface area contributed by atoms with E-state index < -0.39 is 0 Å². The number of carbonyl (C=O) groups excluding carboxylic acids is 1. The lowest BCUT2D eigenvalue weighted by Crippen LogP contribution is -2.44. The van der Waals surface area contributed by atoms with Crippen LogP contribution in [0.2, 0.25) is 0 Å². The molecule has 6 heteroatoms. The molecule has 0 aromatic heterocycles. The summed E-state index contributed by atoms with van der Waals surface area (Å²) in [6, 6.07) is 0.630. The van der Waals surface area contributed by atoms with Gasteiger partial charge in [-0.3, -0.25) is 4.79 Å². The van der Waals surface area contributed by atoms with Gasteiger partial charge < -0.3 is 15.0 Å². The number of nitrogens with zero attached hydrogens (tertiary/aromatic N) is 2. The zero-order valence-corrected chi connectivity index (χ0v) is 17.0. The zero-order chi connectivity index (χ0) is 18.1. The lowest BCUT2D eigenvalue weighted by atomic mass is 9.91. The summed E-state index contributed by atoms with van der Waals surface area (Å²) < 4.78 is 6.08. The fraction of sp³-hybridized carbons (Fsp3) is 0.900. The van der Waals surface area contributed by atoms with Crippen LogP contribution in [0.1, 0.15) is 65.2 Å². The molecule has 146 valence electrons. The van der Waals surface area contributed by atoms with Crippen LogP contribution < -0.4 is 5.32 Å². The normalized spacial score (nSPS) is 37.7. The Bertz CT molecular complexity index is 561. The second-order valence-corrected chi connectivity index (χ2v) is 10.2. The molecule has 4 aliphatic rings. The molecule has 1 unspecified atom stereocenters. The number of nitrogens with one attached hydrogen (secondary N) is 1. The van der Waals surface area contributed by atoms with Gasteiger partial charge in [0.15, 0.2) is 5.17 Å². The molecule has 0 aromatic carbocycles. The molecular formula is C20H33N3O2S. The molecule has 2 aliphatic carbocycles. The van der Waals surface area contributed by atoms with E-state index >= 15 is 0 Å². The Kier molecular flexibility index (Phi) is 5.51. The molecule has 0 aromatic rings. The summed E-state index contributed by atoms with van der Waals surface area (Å²) in [5.74, 6) is 2.74. The number of amides is 1. The number of amidine groups is 1. The fourth-order valence-electron chi connectivity index (χ4n) is 5.38. The summed E-state index contributed by atoms with van der Waals surface area (Å²) in [6.45, 7) is 6.45. The lowest BCUT2D eigenvalue weighted by molar-refractivity contribution is -0.132. The van der Waals surface area contributed by atoms with E-state index in [0.29, 0.717) is 31.0 Å². The molecule has 2 saturated carbocycles. The highest BCUT2D eigenvalue weighted by Gasteiger charge is 2.41. The van der Waals surface area contributed by atoms with E-state index in [0.717, 1.165) is 49.4 Å². The average Bonchev–Trinajstić information content (AvgIpc) is 3.24. The molecule has 3 fully saturated rings. The van der Waals surface area contributed by atoms with Crippen LogP contribution in [0.4, 0.5) is 0 Å². The van der Waals surface area contributed by atoms with Crippen molar-refractivity contribution in [1.82, 2.24) is 10.2 Å². The van der Waals surface area contributed by atoms with E-state index in [-0.39, 0.29) is 4.93 Å². The van der Waals surface area contributed by atoms with Gasteiger partial charge in [-0.25, -0.2) is 4.99 Å². The van der Waals surface area contributed by atoms with Gasteiger partial charge in [0.25, 0.3) is 0 Å². The van der Waals surface area contributed by atoms with Gasteiger partial charge in [0.05, 0.1) is 0 Å². The van der Waals surface area contributed by atoms with Crippen LogP contribution in [0.15, 0.2) is 4.99 Å². The number of fused-ring (bicyclic) bond motifs is 2. The highest BCUT2D eigenvalue weighted by molar-refractivity contribution is 8.14. The molecule has 0 spiro atoms. The van der Waals surface area contributed by atoms with Crippen molar-refractivity contribution in [2.24, 2.45) is 22.7 Å². The third-order valence-electron chi connectivity index (χ3n) is 6.87. The van der Waals surface area contributed by atoms with Crippen LogP contribution in [0.25, 0.3) is 0 Å². The number of aliphatic imine (C=N–C) groups is 1. The third kappa shape index (κ3) is 4.06. The summed E-state index contributed by atoms with van der Waals surface area (Å²) in [5.41, 5.74) is 0. The van der Waals surface area contributed by atoms with Gasteiger partial charge >= 0.3 is 0 Å². The molecule has 1 N–H and O–H groups in total. The van der Waals surface area contributed by atoms with Gasteiger partial charge in [-0.05, 0) is 63.2 Å². The molecule has 5 nitrogen and oxygen atoms in total. The zero-order valence-electron chi connectivity index (χ0n) is 16.2. The molecule has 1 amide bonds. The van der Waals surface area contributed by atoms with Crippen LogP contribution in [0.3, 0.4) is 0 Å². The van der Waals surface area contributed by atoms with E-state index in [1.807, 2.05) is 11.8 Å². The Balaban J connectivity index is 1.27. The minimum Gasteiger partial charge on any atom is -0.362 e. The Morgan fingerprint density at radius 3 is 2.77 bits per heavy atom. The maximum atomic E-state index is 11.9. The van der Waals surface area contributed by atoms with E-state index in [1.165, 1.54) is 25.7 Å². The number of hydrogen-bond acceptors (Lipinski definition) is 5. The highest BCUT2D eigenvalue weighted by atomic mass is 32.2. The summed E-state index contributed by atoms with van der Waals surface area (Å²) in [4.78, 5) is 18.3. The van der Waals surface area contributed by atoms with Crippen molar-refractivity contribution >= 4 is 22.8 Å². The molecule has 26 heavy (non-hydrogen) atoms. The van der Waals surface area contributed by atoms with Crippen LogP contribution in [-0.2, 0) is 9.53 Å². The third-order valence-corrected chi connectivity index (χ3v) is 8.02. The number of piperidine rings is 1. The first-order valence-electron chi connectivity index (χ1n) is 10.5. The number of ether oxygens (including phenoxy) is 1. The largest absolute Gasteiger partial charge is 0.362 e. The minimum atomic E-state index is -0.191. The summed E-state index contributed by atoms with van der Waals surface area (Å²) in [7, 11) is 0. The highest BCUT2D eigenvalue weighted by Crippen LogP contribution is 2.45. The predicted octanol–water partition coefficient (Wildman–Crippen LogP) is 3.60. The number of likely N-dealkylation sites (tertiary alicyclic amines) is 1. The first-order chi connectivity index (χ1) is 12.5. The van der Waals surface area contributed by atoms with Crippen LogP contribution in [0, 0.1) is 17.8 Å². The molecule has 1 saturated heterocycles. The van der Waals surface area contributed by atoms with Crippen molar-refractivity contribution in [3.8, 4) is 0 Å². The van der Waals surface area contributed by atoms with Gasteiger partial charge in [0.1, 0.15) is 11.7 Å². The van der Waals surface area contributed by atoms with Crippen molar-refractivity contribution in [3.63, 3.8) is 0 Å². The summed E-state index contributed by atoms with van der Waals surface area (Å²) in [5, 5.41) is 4.84. The average molecular weight is 380 g/mol. The summed E-state index contributed by atoms with van der Waals surface area (Å²) in [6.07, 6.45) is 9.42. The standard InChI is InChI=1S/C20H33N3O2S/c1-3-18(24)23-8-6-14(7-9-23)12-20(2)25-13-21-19(26-20)22-17-11-15-4-5-16(17)10-15/h14-17H,3-13H2,1-2H3,(H,21,22)/t15-,16+,17+,20?/m1/s1. The fourth-order valence-corrected chi connectivity index (χ4v) is 6.55. The van der Waals surface area contributed by atoms with E-state index in [9.17, 15) is 4.79 Å². The Hall–Kier alpha value is -0.750. The van der Waals surface area contributed by atoms with Crippen molar-refractivity contribution in [2.45, 2.75) is 76.2 Å². The van der Waals surface area contributed by atoms with E-state index in [2.05, 4.69) is 17.2 Å². The van der Waals surface area contributed by atoms with Gasteiger partial charge in [-0.1, -0.05) is 25.1 Å². The number of carbonyl (C=O) groups is 1. The first kappa shape index (κ1) is 18.6.